The molecule has 4 atom stereocenters. The lowest BCUT2D eigenvalue weighted by molar-refractivity contribution is -0.124. The SMILES string of the molecule is [2H]N1C(=O)C[C@H](C)N([2H])C(=O)C[C@@H](C)N([2H])C(=O)C[C@H](C)N([2H])C(=O)C[C@H]1C. The fourth-order valence-corrected chi connectivity index (χ4v) is 2.39. The summed E-state index contributed by atoms with van der Waals surface area (Å²) < 4.78 is 31.6. The minimum Gasteiger partial charge on any atom is -0.353 e. The second kappa shape index (κ2) is 9.24. The highest BCUT2D eigenvalue weighted by atomic mass is 16.2. The molecule has 0 bridgehead atoms. The van der Waals surface area contributed by atoms with E-state index in [0.717, 1.165) is 0 Å². The van der Waals surface area contributed by atoms with E-state index < -0.39 is 47.8 Å². The molecule has 24 heavy (non-hydrogen) atoms. The normalized spacial score (nSPS) is 35.5. The van der Waals surface area contributed by atoms with Gasteiger partial charge >= 0.3 is 0 Å². The summed E-state index contributed by atoms with van der Waals surface area (Å²) in [6, 6.07) is -3.28. The first-order valence-electron chi connectivity index (χ1n) is 9.89. The molecule has 0 aromatic rings. The Morgan fingerprint density at radius 1 is 0.583 bits per heavy atom. The maximum absolute atomic E-state index is 12.3. The van der Waals surface area contributed by atoms with Crippen LogP contribution in [0.4, 0.5) is 0 Å². The van der Waals surface area contributed by atoms with E-state index in [1.54, 1.807) is 0 Å². The van der Waals surface area contributed by atoms with Gasteiger partial charge in [0.2, 0.25) is 23.6 Å². The van der Waals surface area contributed by atoms with E-state index in [9.17, 15) is 19.2 Å². The van der Waals surface area contributed by atoms with Gasteiger partial charge in [-0.1, -0.05) is 0 Å². The van der Waals surface area contributed by atoms with Crippen molar-refractivity contribution in [2.45, 2.75) is 77.5 Å². The van der Waals surface area contributed by atoms with Gasteiger partial charge in [-0.05, 0) is 27.7 Å². The lowest BCUT2D eigenvalue weighted by atomic mass is 10.1. The molecule has 0 aliphatic carbocycles. The molecule has 1 heterocycles. The minimum absolute atomic E-state index is 0.282. The topological polar surface area (TPSA) is 116 Å². The molecule has 0 spiro atoms. The van der Waals surface area contributed by atoms with Crippen LogP contribution in [-0.2, 0) is 19.2 Å². The molecular formula is C16H28N4O4. The van der Waals surface area contributed by atoms with E-state index in [-0.39, 0.29) is 25.7 Å². The maximum atomic E-state index is 12.3. The van der Waals surface area contributed by atoms with Crippen molar-refractivity contribution >= 4 is 23.6 Å². The molecule has 0 unspecified atom stereocenters. The van der Waals surface area contributed by atoms with Crippen LogP contribution in [0.2, 0.25) is 5.65 Å². The van der Waals surface area contributed by atoms with E-state index in [0.29, 0.717) is 21.2 Å². The van der Waals surface area contributed by atoms with E-state index in [4.69, 9.17) is 5.65 Å². The molecule has 4 amide bonds. The quantitative estimate of drug-likeness (QED) is 0.477. The third kappa shape index (κ3) is 7.94. The lowest BCUT2D eigenvalue weighted by Gasteiger charge is -2.21. The summed E-state index contributed by atoms with van der Waals surface area (Å²) in [5.41, 5.74) is 0. The van der Waals surface area contributed by atoms with Crippen LogP contribution in [0.1, 0.15) is 53.4 Å². The Bertz CT molecular complexity index is 519. The third-order valence-corrected chi connectivity index (χ3v) is 3.34. The fourth-order valence-electron chi connectivity index (χ4n) is 2.39. The Balaban J connectivity index is 3.11. The standard InChI is InChI=1S/C16H28N4O4/c1-9-5-13(21)18-11(3)7-15(23)20-12(4)8-16(24)19-10(2)6-14(22)17-9/h9-12H,5-8H2,1-4H3,(H,17,22)(H,18,21)(H,19,24)(H,20,23)/t9-,10+,11+,12-/i/hD4. The summed E-state index contributed by atoms with van der Waals surface area (Å²) in [6.07, 6.45) is -1.13. The number of carbonyl (C=O) groups is 4. The van der Waals surface area contributed by atoms with Crippen molar-refractivity contribution in [2.75, 3.05) is 0 Å². The second-order valence-corrected chi connectivity index (χ2v) is 6.30. The number of amides is 4. The van der Waals surface area contributed by atoms with Crippen LogP contribution >= 0.6 is 0 Å². The summed E-state index contributed by atoms with van der Waals surface area (Å²) in [4.78, 5) is 49.0. The Morgan fingerprint density at radius 3 is 0.917 bits per heavy atom. The predicted octanol–water partition coefficient (Wildman–Crippen LogP) is -0.421. The van der Waals surface area contributed by atoms with Crippen LogP contribution in [0.25, 0.3) is 0 Å². The predicted molar refractivity (Wildman–Crippen MR) is 88.9 cm³/mol. The van der Waals surface area contributed by atoms with Gasteiger partial charge in [-0.3, -0.25) is 19.2 Å². The zero-order valence-corrected chi connectivity index (χ0v) is 14.6. The van der Waals surface area contributed by atoms with Gasteiger partial charge in [-0.25, -0.2) is 0 Å². The van der Waals surface area contributed by atoms with E-state index in [1.807, 2.05) is 0 Å². The first-order chi connectivity index (χ1) is 12.9. The smallest absolute Gasteiger partial charge is 0.222 e. The first kappa shape index (κ1) is 14.2. The molecule has 1 rings (SSSR count). The molecule has 1 aliphatic rings. The summed E-state index contributed by atoms with van der Waals surface area (Å²) in [5.74, 6) is -2.61. The number of hydrogen-bond donors (Lipinski definition) is 4. The molecule has 0 aromatic carbocycles. The highest BCUT2D eigenvalue weighted by Crippen LogP contribution is 2.01. The summed E-state index contributed by atoms with van der Waals surface area (Å²) in [7, 11) is 0. The summed E-state index contributed by atoms with van der Waals surface area (Å²) >= 11 is 0. The molecule has 1 fully saturated rings. The van der Waals surface area contributed by atoms with Crippen LogP contribution < -0.4 is 21.2 Å². The molecular weight excluding hydrogens is 312 g/mol. The zero-order chi connectivity index (χ0) is 21.8. The van der Waals surface area contributed by atoms with Crippen molar-refractivity contribution in [3.05, 3.63) is 0 Å². The minimum atomic E-state index is -0.821. The van der Waals surface area contributed by atoms with E-state index >= 15 is 0 Å². The van der Waals surface area contributed by atoms with Crippen molar-refractivity contribution < 1.29 is 24.8 Å². The third-order valence-electron chi connectivity index (χ3n) is 3.34. The number of rotatable bonds is 0. The van der Waals surface area contributed by atoms with E-state index in [2.05, 4.69) is 0 Å². The Hall–Kier alpha value is -2.12. The number of hydrogen-bond acceptors (Lipinski definition) is 4. The Labute approximate surface area is 148 Å². The number of nitrogens with one attached hydrogen (secondary N) is 4. The largest absolute Gasteiger partial charge is 0.353 e. The van der Waals surface area contributed by atoms with Gasteiger partial charge in [0.05, 0.1) is 0 Å². The monoisotopic (exact) mass is 344 g/mol. The molecule has 0 saturated carbocycles. The van der Waals surface area contributed by atoms with Crippen molar-refractivity contribution in [1.82, 2.24) is 21.2 Å². The van der Waals surface area contributed by atoms with Crippen LogP contribution in [0.15, 0.2) is 0 Å². The van der Waals surface area contributed by atoms with Crippen LogP contribution in [0.5, 0.6) is 0 Å². The Kier molecular flexibility index (Phi) is 5.48. The van der Waals surface area contributed by atoms with Gasteiger partial charge in [0.15, 0.2) is 5.65 Å². The summed E-state index contributed by atoms with van der Waals surface area (Å²) in [6.45, 7) is 5.93. The molecule has 1 saturated heterocycles. The van der Waals surface area contributed by atoms with Gasteiger partial charge in [0.25, 0.3) is 0 Å². The zero-order valence-electron chi connectivity index (χ0n) is 18.6. The van der Waals surface area contributed by atoms with Gasteiger partial charge in [-0.15, -0.1) is 0 Å². The van der Waals surface area contributed by atoms with Crippen LogP contribution in [0.3, 0.4) is 0 Å². The highest BCUT2D eigenvalue weighted by molar-refractivity contribution is 5.83. The average molecular weight is 344 g/mol. The summed E-state index contributed by atoms with van der Waals surface area (Å²) in [5, 5.41) is 2.49. The van der Waals surface area contributed by atoms with Gasteiger partial charge < -0.3 is 21.2 Å². The van der Waals surface area contributed by atoms with Crippen molar-refractivity contribution in [1.29, 1.82) is 0 Å². The van der Waals surface area contributed by atoms with Gasteiger partial charge in [-0.2, -0.15) is 0 Å². The molecule has 4 N–H and O–H groups in total. The molecule has 8 heteroatoms. The number of carbonyl (C=O) groups excluding carboxylic acids is 4. The van der Waals surface area contributed by atoms with Crippen LogP contribution in [-0.4, -0.2) is 47.8 Å². The van der Waals surface area contributed by atoms with E-state index in [1.165, 1.54) is 27.7 Å². The first-order valence-corrected chi connectivity index (χ1v) is 8.10. The van der Waals surface area contributed by atoms with Gasteiger partial charge in [0.1, 0.15) is 0 Å². The fraction of sp³-hybridized carbons (Fsp3) is 0.750. The van der Waals surface area contributed by atoms with Gasteiger partial charge in [0, 0.05) is 49.9 Å². The lowest BCUT2D eigenvalue weighted by Crippen LogP contribution is -2.46. The molecule has 0 aromatic heterocycles. The second-order valence-electron chi connectivity index (χ2n) is 6.30. The van der Waals surface area contributed by atoms with Crippen molar-refractivity contribution in [3.8, 4) is 0 Å². The highest BCUT2D eigenvalue weighted by Gasteiger charge is 2.20. The molecule has 1 aliphatic heterocycles. The Morgan fingerprint density at radius 2 is 0.750 bits per heavy atom. The molecule has 0 radical (unpaired) electrons. The average Bonchev–Trinajstić information content (AvgIpc) is 2.63. The molecule has 136 valence electrons. The van der Waals surface area contributed by atoms with Crippen molar-refractivity contribution in [3.63, 3.8) is 0 Å². The van der Waals surface area contributed by atoms with Crippen molar-refractivity contribution in [2.24, 2.45) is 0 Å². The maximum Gasteiger partial charge on any atom is 0.222 e. The molecule has 8 nitrogen and oxygen atoms in total. The van der Waals surface area contributed by atoms with Crippen LogP contribution in [0, 0.1) is 0 Å².